The van der Waals surface area contributed by atoms with Crippen molar-refractivity contribution in [2.24, 2.45) is 11.8 Å². The summed E-state index contributed by atoms with van der Waals surface area (Å²) in [6.07, 6.45) is 17.2. The summed E-state index contributed by atoms with van der Waals surface area (Å²) in [6.45, 7) is 2.40. The van der Waals surface area contributed by atoms with Crippen molar-refractivity contribution >= 4 is 51.8 Å². The monoisotopic (exact) mass is 668 g/mol. The molecule has 0 radical (unpaired) electrons. The third-order valence-electron chi connectivity index (χ3n) is 7.94. The Hall–Kier alpha value is -2.04. The number of likely N-dealkylation sites (N-methyl/N-ethyl adjacent to an activating group) is 1. The maximum absolute atomic E-state index is 13.2. The van der Waals surface area contributed by atoms with Crippen molar-refractivity contribution < 1.29 is 24.5 Å². The molecule has 7 nitrogen and oxygen atoms in total. The van der Waals surface area contributed by atoms with Gasteiger partial charge in [-0.2, -0.15) is 0 Å². The Kier molecular flexibility index (Phi) is 10.4. The molecule has 0 saturated heterocycles. The van der Waals surface area contributed by atoms with E-state index in [0.29, 0.717) is 24.8 Å². The van der Waals surface area contributed by atoms with Gasteiger partial charge in [-0.15, -0.1) is 0 Å². The lowest BCUT2D eigenvalue weighted by atomic mass is 9.85. The second-order valence-electron chi connectivity index (χ2n) is 10.7. The number of hydrogen-bond donors (Lipinski definition) is 2. The van der Waals surface area contributed by atoms with Gasteiger partial charge in [-0.05, 0) is 61.8 Å². The molecule has 2 unspecified atom stereocenters. The maximum atomic E-state index is 13.2. The number of anilines is 1. The highest BCUT2D eigenvalue weighted by molar-refractivity contribution is 14.1. The van der Waals surface area contributed by atoms with E-state index in [0.717, 1.165) is 68.8 Å². The number of hydrogen-bond acceptors (Lipinski definition) is 5. The normalized spacial score (nSPS) is 29.9. The van der Waals surface area contributed by atoms with Crippen LogP contribution >= 0.6 is 34.2 Å². The van der Waals surface area contributed by atoms with E-state index >= 15 is 0 Å². The van der Waals surface area contributed by atoms with Crippen molar-refractivity contribution in [1.29, 1.82) is 0 Å². The minimum absolute atomic E-state index is 0.172. The molecular weight excluding hydrogens is 631 g/mol. The first-order chi connectivity index (χ1) is 18.7. The van der Waals surface area contributed by atoms with E-state index in [1.165, 1.54) is 4.90 Å². The van der Waals surface area contributed by atoms with Crippen LogP contribution in [-0.2, 0) is 15.2 Å². The Morgan fingerprint density at radius 3 is 2.67 bits per heavy atom. The molecule has 2 bridgehead atoms. The van der Waals surface area contributed by atoms with Gasteiger partial charge < -0.3 is 24.7 Å². The summed E-state index contributed by atoms with van der Waals surface area (Å²) in [5.41, 5.74) is -1.47. The van der Waals surface area contributed by atoms with Crippen molar-refractivity contribution in [3.63, 3.8) is 0 Å². The highest BCUT2D eigenvalue weighted by atomic mass is 127. The predicted molar refractivity (Wildman–Crippen MR) is 163 cm³/mol. The summed E-state index contributed by atoms with van der Waals surface area (Å²) in [5.74, 6) is -0.752. The van der Waals surface area contributed by atoms with Gasteiger partial charge in [-0.3, -0.25) is 4.79 Å². The van der Waals surface area contributed by atoms with Gasteiger partial charge >= 0.3 is 5.97 Å². The predicted octanol–water partition coefficient (Wildman–Crippen LogP) is 5.65. The van der Waals surface area contributed by atoms with E-state index in [1.807, 2.05) is 12.2 Å². The minimum atomic E-state index is -2.40. The summed E-state index contributed by atoms with van der Waals surface area (Å²) in [6, 6.07) is 5.05. The zero-order chi connectivity index (χ0) is 28.0. The lowest BCUT2D eigenvalue weighted by molar-refractivity contribution is -0.162. The van der Waals surface area contributed by atoms with E-state index in [4.69, 9.17) is 16.3 Å². The first kappa shape index (κ1) is 29.9. The Morgan fingerprint density at radius 2 is 1.90 bits per heavy atom. The SMILES string of the molecule is CN1C/C=C/CCCCCN2CCCCC3C=C(Cl)C=CC3COc3ccc(cc32)[C@](O)(C(=O)O)[C@H](I)C1=O. The number of carbonyl (C=O) groups excluding carboxylic acids is 1. The van der Waals surface area contributed by atoms with E-state index in [1.54, 1.807) is 47.8 Å². The number of alkyl halides is 1. The largest absolute Gasteiger partial charge is 0.491 e. The maximum Gasteiger partial charge on any atom is 0.342 e. The first-order valence-electron chi connectivity index (χ1n) is 13.8. The van der Waals surface area contributed by atoms with Crippen LogP contribution < -0.4 is 9.64 Å². The second kappa shape index (κ2) is 13.5. The van der Waals surface area contributed by atoms with Crippen molar-refractivity contribution in [3.05, 3.63) is 59.2 Å². The molecule has 0 aromatic heterocycles. The fourth-order valence-electron chi connectivity index (χ4n) is 5.50. The molecule has 1 aromatic rings. The Morgan fingerprint density at radius 1 is 1.13 bits per heavy atom. The van der Waals surface area contributed by atoms with E-state index in [2.05, 4.69) is 23.1 Å². The van der Waals surface area contributed by atoms with Gasteiger partial charge in [-0.25, -0.2) is 4.79 Å². The van der Waals surface area contributed by atoms with Crippen LogP contribution in [0.25, 0.3) is 0 Å². The molecule has 39 heavy (non-hydrogen) atoms. The van der Waals surface area contributed by atoms with Crippen molar-refractivity contribution in [3.8, 4) is 5.75 Å². The lowest BCUT2D eigenvalue weighted by Crippen LogP contribution is -2.51. The molecule has 1 aliphatic carbocycles. The average Bonchev–Trinajstić information content (AvgIpc) is 2.95. The smallest absolute Gasteiger partial charge is 0.342 e. The average molecular weight is 669 g/mol. The van der Waals surface area contributed by atoms with E-state index in [9.17, 15) is 19.8 Å². The van der Waals surface area contributed by atoms with Gasteiger partial charge in [0.2, 0.25) is 11.5 Å². The molecule has 4 atom stereocenters. The number of halogens is 2. The van der Waals surface area contributed by atoms with Crippen molar-refractivity contribution in [2.75, 3.05) is 38.2 Å². The number of allylic oxidation sites excluding steroid dienone is 4. The molecular formula is C30H38ClIN2O5. The second-order valence-corrected chi connectivity index (χ2v) is 12.4. The quantitative estimate of drug-likeness (QED) is 0.229. The lowest BCUT2D eigenvalue weighted by Gasteiger charge is -2.33. The number of carbonyl (C=O) groups is 2. The summed E-state index contributed by atoms with van der Waals surface area (Å²) in [7, 11) is 1.63. The number of nitrogens with zero attached hydrogens (tertiary/aromatic N) is 2. The molecule has 0 saturated carbocycles. The van der Waals surface area contributed by atoms with Crippen LogP contribution in [-0.4, -0.2) is 64.2 Å². The molecule has 2 aliphatic heterocycles. The van der Waals surface area contributed by atoms with Crippen molar-refractivity contribution in [2.45, 2.75) is 54.5 Å². The number of amides is 1. The minimum Gasteiger partial charge on any atom is -0.491 e. The number of aliphatic hydroxyl groups is 1. The first-order valence-corrected chi connectivity index (χ1v) is 15.4. The standard InChI is InChI=1S/C30H38ClIN2O5/c1-33-15-7-4-2-3-5-8-16-34-17-9-6-10-21-18-24(31)13-11-22(21)20-39-26-14-12-23(19-25(26)34)30(38,29(36)37)27(32)28(33)35/h4,7,11-14,18-19,21-22,27,38H,2-3,5-6,8-10,15-17,20H2,1H3,(H,36,37)/b7-4+/t21?,22?,27-,30-/m1/s1. The molecule has 9 heteroatoms. The third kappa shape index (κ3) is 7.00. The number of carboxylic acids is 1. The molecule has 2 N–H and O–H groups in total. The Balaban J connectivity index is 1.76. The number of aliphatic carboxylic acids is 1. The van der Waals surface area contributed by atoms with E-state index < -0.39 is 21.4 Å². The van der Waals surface area contributed by atoms with Crippen molar-refractivity contribution in [1.82, 2.24) is 4.90 Å². The number of carboxylic acid groups (broad SMARTS) is 1. The summed E-state index contributed by atoms with van der Waals surface area (Å²) in [5, 5.41) is 22.6. The Labute approximate surface area is 249 Å². The molecule has 212 valence electrons. The van der Waals surface area contributed by atoms with Crippen LogP contribution in [0.1, 0.15) is 50.5 Å². The Bertz CT molecular complexity index is 1140. The van der Waals surface area contributed by atoms with Gasteiger partial charge in [0.1, 0.15) is 9.67 Å². The van der Waals surface area contributed by atoms with Crippen LogP contribution in [0, 0.1) is 11.8 Å². The zero-order valence-electron chi connectivity index (χ0n) is 22.4. The molecule has 3 aliphatic rings. The molecule has 1 amide bonds. The number of fused-ring (bicyclic) bond motifs is 2. The van der Waals surface area contributed by atoms with Crippen LogP contribution in [0.4, 0.5) is 5.69 Å². The fraction of sp³-hybridized carbons (Fsp3) is 0.533. The molecule has 4 rings (SSSR count). The van der Waals surface area contributed by atoms with Gasteiger partial charge in [0, 0.05) is 37.6 Å². The number of rotatable bonds is 1. The number of benzene rings is 1. The summed E-state index contributed by atoms with van der Waals surface area (Å²) in [4.78, 5) is 29.5. The van der Waals surface area contributed by atoms with E-state index in [-0.39, 0.29) is 11.5 Å². The fourth-order valence-corrected chi connectivity index (χ4v) is 6.83. The topological polar surface area (TPSA) is 90.3 Å². The van der Waals surface area contributed by atoms with Gasteiger partial charge in [-0.1, -0.05) is 77.4 Å². The molecule has 2 heterocycles. The molecule has 0 spiro atoms. The van der Waals surface area contributed by atoms with Crippen LogP contribution in [0.5, 0.6) is 5.75 Å². The summed E-state index contributed by atoms with van der Waals surface area (Å²) < 4.78 is 5.18. The van der Waals surface area contributed by atoms with Crippen LogP contribution in [0.3, 0.4) is 0 Å². The highest BCUT2D eigenvalue weighted by Crippen LogP contribution is 2.40. The summed E-state index contributed by atoms with van der Waals surface area (Å²) >= 11 is 8.08. The van der Waals surface area contributed by atoms with Crippen LogP contribution in [0.2, 0.25) is 0 Å². The van der Waals surface area contributed by atoms with Gasteiger partial charge in [0.05, 0.1) is 12.3 Å². The highest BCUT2D eigenvalue weighted by Gasteiger charge is 2.49. The van der Waals surface area contributed by atoms with Gasteiger partial charge in [0.15, 0.2) is 0 Å². The van der Waals surface area contributed by atoms with Crippen LogP contribution in [0.15, 0.2) is 53.6 Å². The molecule has 0 fully saturated rings. The molecule has 1 aromatic carbocycles. The zero-order valence-corrected chi connectivity index (χ0v) is 25.3. The third-order valence-corrected chi connectivity index (χ3v) is 9.63. The van der Waals surface area contributed by atoms with Gasteiger partial charge in [0.25, 0.3) is 0 Å². The number of ether oxygens (including phenoxy) is 1.